The van der Waals surface area contributed by atoms with Gasteiger partial charge in [-0.3, -0.25) is 9.78 Å². The third kappa shape index (κ3) is 3.92. The van der Waals surface area contributed by atoms with Gasteiger partial charge in [-0.15, -0.1) is 0 Å². The Balaban J connectivity index is 2.85. The summed E-state index contributed by atoms with van der Waals surface area (Å²) in [7, 11) is 0. The number of halogens is 3. The highest BCUT2D eigenvalue weighted by Gasteiger charge is 2.31. The second-order valence-corrected chi connectivity index (χ2v) is 3.96. The molecule has 0 fully saturated rings. The largest absolute Gasteiger partial charge is 0.480 e. The van der Waals surface area contributed by atoms with Gasteiger partial charge in [0.05, 0.1) is 11.7 Å². The molecule has 1 rings (SSSR count). The van der Waals surface area contributed by atoms with Gasteiger partial charge in [0.2, 0.25) is 0 Å². The van der Waals surface area contributed by atoms with Crippen LogP contribution in [0.2, 0.25) is 0 Å². The van der Waals surface area contributed by atoms with Crippen molar-refractivity contribution >= 4 is 11.9 Å². The first kappa shape index (κ1) is 15.9. The number of carboxylic acids is 1. The zero-order valence-corrected chi connectivity index (χ0v) is 10.2. The highest BCUT2D eigenvalue weighted by Crippen LogP contribution is 2.28. The highest BCUT2D eigenvalue weighted by atomic mass is 19.4. The molecule has 0 aliphatic rings. The van der Waals surface area contributed by atoms with Crippen molar-refractivity contribution in [2.24, 2.45) is 0 Å². The number of aliphatic hydroxyl groups is 1. The number of hydrogen-bond acceptors (Lipinski definition) is 4. The molecule has 20 heavy (non-hydrogen) atoms. The second kappa shape index (κ2) is 5.87. The highest BCUT2D eigenvalue weighted by molar-refractivity contribution is 5.95. The van der Waals surface area contributed by atoms with Crippen LogP contribution >= 0.6 is 0 Å². The molecule has 0 bridgehead atoms. The lowest BCUT2D eigenvalue weighted by atomic mass is 10.1. The molecule has 0 saturated carbocycles. The van der Waals surface area contributed by atoms with Crippen LogP contribution in [-0.4, -0.2) is 39.2 Å². The number of carbonyl (C=O) groups is 2. The minimum absolute atomic E-state index is 0.384. The van der Waals surface area contributed by atoms with E-state index in [1.165, 1.54) is 0 Å². The third-order valence-corrected chi connectivity index (χ3v) is 2.36. The van der Waals surface area contributed by atoms with E-state index in [-0.39, 0.29) is 5.69 Å². The molecule has 1 aromatic heterocycles. The van der Waals surface area contributed by atoms with Gasteiger partial charge in [0.1, 0.15) is 5.69 Å². The Morgan fingerprint density at radius 1 is 1.35 bits per heavy atom. The smallest absolute Gasteiger partial charge is 0.417 e. The van der Waals surface area contributed by atoms with Gasteiger partial charge in [-0.1, -0.05) is 0 Å². The van der Waals surface area contributed by atoms with Crippen LogP contribution in [-0.2, 0) is 11.0 Å². The van der Waals surface area contributed by atoms with Gasteiger partial charge >= 0.3 is 12.1 Å². The number of alkyl halides is 3. The molecular weight excluding hydrogens is 281 g/mol. The van der Waals surface area contributed by atoms with Gasteiger partial charge in [0.15, 0.2) is 6.04 Å². The number of rotatable bonds is 4. The predicted molar refractivity (Wildman–Crippen MR) is 59.8 cm³/mol. The minimum Gasteiger partial charge on any atom is -0.480 e. The van der Waals surface area contributed by atoms with Crippen molar-refractivity contribution in [2.45, 2.75) is 25.2 Å². The van der Waals surface area contributed by atoms with E-state index in [0.717, 1.165) is 13.0 Å². The lowest BCUT2D eigenvalue weighted by molar-refractivity contribution is -0.142. The molecule has 9 heteroatoms. The lowest BCUT2D eigenvalue weighted by Gasteiger charge is -2.16. The molecule has 2 atom stereocenters. The topological polar surface area (TPSA) is 99.5 Å². The van der Waals surface area contributed by atoms with Gasteiger partial charge in [-0.25, -0.2) is 4.79 Å². The van der Waals surface area contributed by atoms with E-state index in [1.807, 2.05) is 5.32 Å². The Morgan fingerprint density at radius 2 is 1.95 bits per heavy atom. The average Bonchev–Trinajstić information content (AvgIpc) is 2.34. The van der Waals surface area contributed by atoms with Crippen LogP contribution in [0.15, 0.2) is 18.3 Å². The molecule has 6 nitrogen and oxygen atoms in total. The van der Waals surface area contributed by atoms with Crippen LogP contribution in [0, 0.1) is 0 Å². The van der Waals surface area contributed by atoms with Crippen molar-refractivity contribution in [3.8, 4) is 0 Å². The Kier molecular flexibility index (Phi) is 4.66. The lowest BCUT2D eigenvalue weighted by Crippen LogP contribution is -2.47. The summed E-state index contributed by atoms with van der Waals surface area (Å²) in [5.74, 6) is -2.47. The number of aromatic nitrogens is 1. The normalized spacial score (nSPS) is 14.4. The van der Waals surface area contributed by atoms with Crippen LogP contribution in [0.25, 0.3) is 0 Å². The van der Waals surface area contributed by atoms with E-state index < -0.39 is 35.8 Å². The van der Waals surface area contributed by atoms with Crippen LogP contribution in [0.4, 0.5) is 13.2 Å². The minimum atomic E-state index is -4.58. The summed E-state index contributed by atoms with van der Waals surface area (Å²) in [6.45, 7) is 1.15. The predicted octanol–water partition coefficient (Wildman–Crippen LogP) is 0.664. The number of aliphatic carboxylic acids is 1. The summed E-state index contributed by atoms with van der Waals surface area (Å²) >= 11 is 0. The van der Waals surface area contributed by atoms with Crippen LogP contribution in [0.1, 0.15) is 23.0 Å². The number of nitrogens with zero attached hydrogens (tertiary/aromatic N) is 1. The van der Waals surface area contributed by atoms with Crippen molar-refractivity contribution in [3.05, 3.63) is 29.6 Å². The summed E-state index contributed by atoms with van der Waals surface area (Å²) in [6.07, 6.45) is -5.48. The first-order valence-electron chi connectivity index (χ1n) is 5.38. The Bertz CT molecular complexity index is 499. The zero-order valence-electron chi connectivity index (χ0n) is 10.2. The quantitative estimate of drug-likeness (QED) is 0.757. The average molecular weight is 292 g/mol. The van der Waals surface area contributed by atoms with Crippen molar-refractivity contribution in [1.29, 1.82) is 0 Å². The van der Waals surface area contributed by atoms with Gasteiger partial charge in [-0.05, 0) is 19.1 Å². The van der Waals surface area contributed by atoms with Crippen LogP contribution in [0.5, 0.6) is 0 Å². The van der Waals surface area contributed by atoms with E-state index in [0.29, 0.717) is 12.3 Å². The summed E-state index contributed by atoms with van der Waals surface area (Å²) in [5.41, 5.74) is -1.41. The fourth-order valence-electron chi connectivity index (χ4n) is 1.30. The van der Waals surface area contributed by atoms with E-state index >= 15 is 0 Å². The Morgan fingerprint density at radius 3 is 2.30 bits per heavy atom. The maximum absolute atomic E-state index is 12.3. The monoisotopic (exact) mass is 292 g/mol. The molecule has 2 unspecified atom stereocenters. The van der Waals surface area contributed by atoms with Gasteiger partial charge < -0.3 is 15.5 Å². The van der Waals surface area contributed by atoms with Crippen molar-refractivity contribution in [2.75, 3.05) is 0 Å². The first-order valence-corrected chi connectivity index (χ1v) is 5.38. The molecule has 0 saturated heterocycles. The molecule has 3 N–H and O–H groups in total. The molecule has 0 spiro atoms. The number of pyridine rings is 1. The van der Waals surface area contributed by atoms with Crippen LogP contribution in [0.3, 0.4) is 0 Å². The number of carboxylic acid groups (broad SMARTS) is 1. The summed E-state index contributed by atoms with van der Waals surface area (Å²) < 4.78 is 36.9. The number of hydrogen-bond donors (Lipinski definition) is 3. The fourth-order valence-corrected chi connectivity index (χ4v) is 1.30. The second-order valence-electron chi connectivity index (χ2n) is 3.96. The number of carbonyl (C=O) groups excluding carboxylic acids is 1. The van der Waals surface area contributed by atoms with E-state index in [1.54, 1.807) is 0 Å². The summed E-state index contributed by atoms with van der Waals surface area (Å²) in [6, 6.07) is -0.106. The molecule has 0 aliphatic heterocycles. The molecule has 1 heterocycles. The first-order chi connectivity index (χ1) is 9.12. The van der Waals surface area contributed by atoms with E-state index in [2.05, 4.69) is 4.98 Å². The molecule has 0 radical (unpaired) electrons. The molecule has 0 aromatic carbocycles. The molecule has 1 amide bonds. The number of nitrogens with one attached hydrogen (secondary N) is 1. The number of aliphatic hydroxyl groups excluding tert-OH is 1. The van der Waals surface area contributed by atoms with Gasteiger partial charge in [0, 0.05) is 6.20 Å². The molecule has 1 aromatic rings. The van der Waals surface area contributed by atoms with Crippen molar-refractivity contribution in [3.63, 3.8) is 0 Å². The van der Waals surface area contributed by atoms with Crippen molar-refractivity contribution < 1.29 is 33.0 Å². The maximum Gasteiger partial charge on any atom is 0.417 e. The maximum atomic E-state index is 12.3. The Labute approximate surface area is 111 Å². The van der Waals surface area contributed by atoms with Crippen LogP contribution < -0.4 is 5.32 Å². The third-order valence-electron chi connectivity index (χ3n) is 2.36. The molecule has 0 aliphatic carbocycles. The SMILES string of the molecule is CC(O)C(NC(=O)c1ccc(C(F)(F)F)cn1)C(=O)O. The number of amides is 1. The van der Waals surface area contributed by atoms with E-state index in [4.69, 9.17) is 10.2 Å². The summed E-state index contributed by atoms with van der Waals surface area (Å²) in [4.78, 5) is 25.7. The van der Waals surface area contributed by atoms with E-state index in [9.17, 15) is 22.8 Å². The molecular formula is C11H11F3N2O4. The fraction of sp³-hybridized carbons (Fsp3) is 0.364. The van der Waals surface area contributed by atoms with Crippen molar-refractivity contribution in [1.82, 2.24) is 10.3 Å². The zero-order chi connectivity index (χ0) is 15.5. The molecule has 110 valence electrons. The standard InChI is InChI=1S/C11H11F3N2O4/c1-5(17)8(10(19)20)16-9(18)7-3-2-6(4-15-7)11(12,13)14/h2-5,8,17H,1H3,(H,16,18)(H,19,20). The Hall–Kier alpha value is -2.16. The van der Waals surface area contributed by atoms with Gasteiger partial charge in [0.25, 0.3) is 5.91 Å². The summed E-state index contributed by atoms with van der Waals surface area (Å²) in [5, 5.41) is 19.9. The van der Waals surface area contributed by atoms with Gasteiger partial charge in [-0.2, -0.15) is 13.2 Å².